The van der Waals surface area contributed by atoms with Crippen molar-refractivity contribution in [3.8, 4) is 5.75 Å². The fraction of sp³-hybridized carbons (Fsp3) is 0.588. The van der Waals surface area contributed by atoms with Gasteiger partial charge in [-0.3, -0.25) is 9.69 Å². The van der Waals surface area contributed by atoms with Gasteiger partial charge < -0.3 is 19.9 Å². The lowest BCUT2D eigenvalue weighted by Crippen LogP contribution is -2.46. The van der Waals surface area contributed by atoms with Crippen LogP contribution in [0.2, 0.25) is 0 Å². The lowest BCUT2D eigenvalue weighted by atomic mass is 10.1. The number of benzene rings is 1. The van der Waals surface area contributed by atoms with Crippen LogP contribution >= 0.6 is 0 Å². The molecule has 2 N–H and O–H groups in total. The molecule has 0 unspecified atom stereocenters. The largest absolute Gasteiger partial charge is 0.573 e. The highest BCUT2D eigenvalue weighted by molar-refractivity contribution is 5.97. The molecule has 144 valence electrons. The first-order valence-electron chi connectivity index (χ1n) is 8.48. The third kappa shape index (κ3) is 4.66. The number of carbonyl (C=O) groups excluding carboxylic acids is 1. The number of alkyl halides is 3. The van der Waals surface area contributed by atoms with Gasteiger partial charge in [-0.15, -0.1) is 13.2 Å². The molecular weight excluding hydrogens is 353 g/mol. The number of nitrogens with one attached hydrogen (secondary N) is 1. The monoisotopic (exact) mass is 374 g/mol. The number of aliphatic hydroxyl groups is 1. The maximum atomic E-state index is 12.5. The quantitative estimate of drug-likeness (QED) is 0.818. The van der Waals surface area contributed by atoms with Crippen molar-refractivity contribution in [1.82, 2.24) is 10.2 Å². The highest BCUT2D eigenvalue weighted by Gasteiger charge is 2.38. The third-order valence-electron chi connectivity index (χ3n) is 4.63. The molecule has 26 heavy (non-hydrogen) atoms. The maximum Gasteiger partial charge on any atom is 0.573 e. The number of fused-ring (bicyclic) bond motifs is 1. The van der Waals surface area contributed by atoms with E-state index in [2.05, 4.69) is 15.0 Å². The van der Waals surface area contributed by atoms with Crippen molar-refractivity contribution >= 4 is 5.91 Å². The van der Waals surface area contributed by atoms with E-state index < -0.39 is 18.0 Å². The van der Waals surface area contributed by atoms with Gasteiger partial charge in [0.1, 0.15) is 5.75 Å². The average Bonchev–Trinajstić information content (AvgIpc) is 2.95. The lowest BCUT2D eigenvalue weighted by molar-refractivity contribution is -0.274. The molecule has 2 saturated heterocycles. The number of aliphatic hydroxyl groups excluding tert-OH is 1. The first kappa shape index (κ1) is 18.9. The molecule has 3 rings (SSSR count). The Bertz CT molecular complexity index is 641. The van der Waals surface area contributed by atoms with Gasteiger partial charge in [0, 0.05) is 31.8 Å². The number of nitrogens with zero attached hydrogens (tertiary/aromatic N) is 1. The minimum Gasteiger partial charge on any atom is -0.405 e. The van der Waals surface area contributed by atoms with E-state index >= 15 is 0 Å². The molecular formula is C17H21F3N2O4. The topological polar surface area (TPSA) is 71.0 Å². The van der Waals surface area contributed by atoms with Crippen molar-refractivity contribution < 1.29 is 32.5 Å². The summed E-state index contributed by atoms with van der Waals surface area (Å²) >= 11 is 0. The molecule has 2 aliphatic heterocycles. The van der Waals surface area contributed by atoms with Crippen molar-refractivity contribution in [2.75, 3.05) is 26.3 Å². The van der Waals surface area contributed by atoms with Crippen molar-refractivity contribution in [1.29, 1.82) is 0 Å². The van der Waals surface area contributed by atoms with Gasteiger partial charge in [0.15, 0.2) is 0 Å². The average molecular weight is 374 g/mol. The second kappa shape index (κ2) is 7.81. The highest BCUT2D eigenvalue weighted by Crippen LogP contribution is 2.28. The van der Waals surface area contributed by atoms with Crippen LogP contribution in [0.5, 0.6) is 5.75 Å². The SMILES string of the molecule is O=C(N[C@H]1C[C@H]2CO[C@@H](CCO)CN2C1)c1ccccc1OC(F)(F)F. The maximum absolute atomic E-state index is 12.5. The number of hydrogen-bond acceptors (Lipinski definition) is 5. The summed E-state index contributed by atoms with van der Waals surface area (Å²) in [6, 6.07) is 5.28. The van der Waals surface area contributed by atoms with Crippen LogP contribution in [0.25, 0.3) is 0 Å². The Morgan fingerprint density at radius 2 is 2.12 bits per heavy atom. The van der Waals surface area contributed by atoms with Gasteiger partial charge in [-0.2, -0.15) is 0 Å². The van der Waals surface area contributed by atoms with E-state index in [9.17, 15) is 18.0 Å². The van der Waals surface area contributed by atoms with E-state index in [1.807, 2.05) is 0 Å². The lowest BCUT2D eigenvalue weighted by Gasteiger charge is -2.34. The van der Waals surface area contributed by atoms with Crippen LogP contribution < -0.4 is 10.1 Å². The predicted molar refractivity (Wildman–Crippen MR) is 85.8 cm³/mol. The Kier molecular flexibility index (Phi) is 5.69. The van der Waals surface area contributed by atoms with Gasteiger partial charge in [-0.25, -0.2) is 0 Å². The Hall–Kier alpha value is -1.84. The summed E-state index contributed by atoms with van der Waals surface area (Å²) in [6.07, 6.45) is -3.67. The molecule has 0 aliphatic carbocycles. The zero-order valence-electron chi connectivity index (χ0n) is 14.0. The van der Waals surface area contributed by atoms with Gasteiger partial charge in [0.25, 0.3) is 5.91 Å². The fourth-order valence-electron chi connectivity index (χ4n) is 3.50. The van der Waals surface area contributed by atoms with Crippen LogP contribution in [0, 0.1) is 0 Å². The molecule has 1 aromatic rings. The molecule has 1 aromatic carbocycles. The van der Waals surface area contributed by atoms with E-state index in [4.69, 9.17) is 9.84 Å². The number of rotatable bonds is 5. The summed E-state index contributed by atoms with van der Waals surface area (Å²) in [5.74, 6) is -1.11. The molecule has 0 spiro atoms. The number of ether oxygens (including phenoxy) is 2. The first-order chi connectivity index (χ1) is 12.4. The number of morpholine rings is 1. The Morgan fingerprint density at radius 1 is 1.35 bits per heavy atom. The van der Waals surface area contributed by atoms with E-state index in [0.717, 1.165) is 6.07 Å². The zero-order valence-corrected chi connectivity index (χ0v) is 14.0. The molecule has 0 saturated carbocycles. The van der Waals surface area contributed by atoms with Crippen LogP contribution in [0.15, 0.2) is 24.3 Å². The summed E-state index contributed by atoms with van der Waals surface area (Å²) < 4.78 is 47.1. The molecule has 0 radical (unpaired) electrons. The zero-order chi connectivity index (χ0) is 18.7. The second-order valence-electron chi connectivity index (χ2n) is 6.53. The van der Waals surface area contributed by atoms with Gasteiger partial charge in [0.05, 0.1) is 18.3 Å². The fourth-order valence-corrected chi connectivity index (χ4v) is 3.50. The molecule has 2 heterocycles. The molecule has 2 fully saturated rings. The molecule has 1 amide bonds. The van der Waals surface area contributed by atoms with Crippen molar-refractivity contribution in [3.05, 3.63) is 29.8 Å². The van der Waals surface area contributed by atoms with E-state index in [1.54, 1.807) is 0 Å². The number of amides is 1. The van der Waals surface area contributed by atoms with Crippen molar-refractivity contribution in [2.24, 2.45) is 0 Å². The molecule has 0 bridgehead atoms. The first-order valence-corrected chi connectivity index (χ1v) is 8.48. The number of hydrogen-bond donors (Lipinski definition) is 2. The summed E-state index contributed by atoms with van der Waals surface area (Å²) in [5, 5.41) is 11.8. The number of halogens is 3. The van der Waals surface area contributed by atoms with Crippen molar-refractivity contribution in [2.45, 2.75) is 37.4 Å². The van der Waals surface area contributed by atoms with Crippen LogP contribution in [0.3, 0.4) is 0 Å². The van der Waals surface area contributed by atoms with Crippen LogP contribution in [-0.2, 0) is 4.74 Å². The normalized spacial score (nSPS) is 26.4. The Labute approximate surface area is 148 Å². The van der Waals surface area contributed by atoms with Gasteiger partial charge in [-0.1, -0.05) is 12.1 Å². The molecule has 9 heteroatoms. The van der Waals surface area contributed by atoms with E-state index in [0.29, 0.717) is 32.5 Å². The van der Waals surface area contributed by atoms with Gasteiger partial charge >= 0.3 is 6.36 Å². The molecule has 3 atom stereocenters. The predicted octanol–water partition coefficient (Wildman–Crippen LogP) is 1.54. The standard InChI is InChI=1S/C17H21F3N2O4/c18-17(19,20)26-15-4-2-1-3-14(15)16(24)21-11-7-12-10-25-13(5-6-23)9-22(12)8-11/h1-4,11-13,23H,5-10H2,(H,21,24)/t11-,12-,13-/m0/s1. The Morgan fingerprint density at radius 3 is 2.85 bits per heavy atom. The molecule has 2 aliphatic rings. The minimum atomic E-state index is -4.86. The summed E-state index contributed by atoms with van der Waals surface area (Å²) in [5.41, 5.74) is -0.149. The van der Waals surface area contributed by atoms with E-state index in [-0.39, 0.29) is 30.4 Å². The number of carbonyl (C=O) groups is 1. The highest BCUT2D eigenvalue weighted by atomic mass is 19.4. The summed E-state index contributed by atoms with van der Waals surface area (Å²) in [7, 11) is 0. The Balaban J connectivity index is 1.61. The smallest absolute Gasteiger partial charge is 0.405 e. The second-order valence-corrected chi connectivity index (χ2v) is 6.53. The summed E-state index contributed by atoms with van der Waals surface area (Å²) in [6.45, 7) is 1.85. The van der Waals surface area contributed by atoms with Gasteiger partial charge in [-0.05, 0) is 25.0 Å². The van der Waals surface area contributed by atoms with Crippen molar-refractivity contribution in [3.63, 3.8) is 0 Å². The molecule has 6 nitrogen and oxygen atoms in total. The number of para-hydroxylation sites is 1. The summed E-state index contributed by atoms with van der Waals surface area (Å²) in [4.78, 5) is 14.6. The molecule has 0 aromatic heterocycles. The van der Waals surface area contributed by atoms with Crippen LogP contribution in [0.4, 0.5) is 13.2 Å². The van der Waals surface area contributed by atoms with Crippen LogP contribution in [0.1, 0.15) is 23.2 Å². The van der Waals surface area contributed by atoms with E-state index in [1.165, 1.54) is 18.2 Å². The van der Waals surface area contributed by atoms with Crippen LogP contribution in [-0.4, -0.2) is 66.8 Å². The van der Waals surface area contributed by atoms with Gasteiger partial charge in [0.2, 0.25) is 0 Å². The minimum absolute atomic E-state index is 0.0355. The third-order valence-corrected chi connectivity index (χ3v) is 4.63.